The highest BCUT2D eigenvalue weighted by atomic mass is 16.4. The maximum absolute atomic E-state index is 11.7. The fraction of sp³-hybridized carbons (Fsp3) is 0.769. The van der Waals surface area contributed by atoms with Crippen LogP contribution in [0.2, 0.25) is 0 Å². The van der Waals surface area contributed by atoms with E-state index in [1.54, 1.807) is 4.90 Å². The van der Waals surface area contributed by atoms with Crippen LogP contribution in [0.3, 0.4) is 0 Å². The van der Waals surface area contributed by atoms with E-state index in [1.807, 2.05) is 13.8 Å². The second-order valence-electron chi connectivity index (χ2n) is 4.81. The molecule has 6 heteroatoms. The molecular weight excluding hydrogens is 248 g/mol. The van der Waals surface area contributed by atoms with Crippen LogP contribution in [0.4, 0.5) is 0 Å². The molecule has 2 amide bonds. The number of nitrogens with one attached hydrogen (secondary N) is 1. The standard InChI is InChI=1S/C13H22N2O4/c1-3-15(4-2)10(16)6-5-9-14-11(17)13(7-8-13)12(18)19/h3-9H2,1-2H3,(H,14,17)(H,18,19). The Kier molecular flexibility index (Phi) is 5.32. The Bertz CT molecular complexity index is 360. The Hall–Kier alpha value is -1.59. The molecule has 0 saturated heterocycles. The second kappa shape index (κ2) is 6.54. The van der Waals surface area contributed by atoms with E-state index in [0.29, 0.717) is 45.3 Å². The van der Waals surface area contributed by atoms with Gasteiger partial charge in [-0.1, -0.05) is 0 Å². The summed E-state index contributed by atoms with van der Waals surface area (Å²) >= 11 is 0. The average Bonchev–Trinajstić information content (AvgIpc) is 3.17. The number of rotatable bonds is 8. The van der Waals surface area contributed by atoms with Gasteiger partial charge in [-0.3, -0.25) is 14.4 Å². The quantitative estimate of drug-likeness (QED) is 0.500. The molecule has 0 atom stereocenters. The van der Waals surface area contributed by atoms with Gasteiger partial charge >= 0.3 is 5.97 Å². The number of aliphatic carboxylic acids is 1. The number of carbonyl (C=O) groups is 3. The van der Waals surface area contributed by atoms with E-state index in [4.69, 9.17) is 5.11 Å². The highest BCUT2D eigenvalue weighted by Crippen LogP contribution is 2.45. The number of carbonyl (C=O) groups excluding carboxylic acids is 2. The summed E-state index contributed by atoms with van der Waals surface area (Å²) in [5, 5.41) is 11.5. The lowest BCUT2D eigenvalue weighted by Crippen LogP contribution is -2.38. The Balaban J connectivity index is 2.23. The third-order valence-electron chi connectivity index (χ3n) is 3.56. The minimum atomic E-state index is -1.19. The van der Waals surface area contributed by atoms with E-state index < -0.39 is 17.3 Å². The van der Waals surface area contributed by atoms with Crippen molar-refractivity contribution in [2.75, 3.05) is 19.6 Å². The summed E-state index contributed by atoms with van der Waals surface area (Å²) in [6.45, 7) is 5.56. The van der Waals surface area contributed by atoms with Gasteiger partial charge < -0.3 is 15.3 Å². The van der Waals surface area contributed by atoms with Crippen molar-refractivity contribution < 1.29 is 19.5 Å². The van der Waals surface area contributed by atoms with Crippen LogP contribution in [0.1, 0.15) is 39.5 Å². The maximum atomic E-state index is 11.7. The van der Waals surface area contributed by atoms with E-state index >= 15 is 0 Å². The predicted molar refractivity (Wildman–Crippen MR) is 69.5 cm³/mol. The Morgan fingerprint density at radius 2 is 1.79 bits per heavy atom. The minimum absolute atomic E-state index is 0.0682. The smallest absolute Gasteiger partial charge is 0.319 e. The molecule has 0 spiro atoms. The van der Waals surface area contributed by atoms with Gasteiger partial charge in [-0.05, 0) is 33.1 Å². The maximum Gasteiger partial charge on any atom is 0.319 e. The van der Waals surface area contributed by atoms with Gasteiger partial charge in [0.15, 0.2) is 0 Å². The molecule has 0 aromatic heterocycles. The summed E-state index contributed by atoms with van der Waals surface area (Å²) in [5.41, 5.74) is -1.19. The van der Waals surface area contributed by atoms with Crippen molar-refractivity contribution in [1.82, 2.24) is 10.2 Å². The van der Waals surface area contributed by atoms with Gasteiger partial charge in [0.1, 0.15) is 5.41 Å². The molecule has 0 radical (unpaired) electrons. The summed E-state index contributed by atoms with van der Waals surface area (Å²) in [4.78, 5) is 36.0. The number of nitrogens with zero attached hydrogens (tertiary/aromatic N) is 1. The Morgan fingerprint density at radius 3 is 2.21 bits per heavy atom. The lowest BCUT2D eigenvalue weighted by molar-refractivity contribution is -0.149. The highest BCUT2D eigenvalue weighted by Gasteiger charge is 2.56. The van der Waals surface area contributed by atoms with Crippen LogP contribution in [0, 0.1) is 5.41 Å². The van der Waals surface area contributed by atoms with E-state index in [-0.39, 0.29) is 5.91 Å². The third kappa shape index (κ3) is 3.68. The normalized spacial score (nSPS) is 15.7. The van der Waals surface area contributed by atoms with Crippen molar-refractivity contribution in [3.05, 3.63) is 0 Å². The van der Waals surface area contributed by atoms with Gasteiger partial charge in [0.05, 0.1) is 0 Å². The average molecular weight is 270 g/mol. The van der Waals surface area contributed by atoms with Crippen LogP contribution in [0.5, 0.6) is 0 Å². The molecule has 0 heterocycles. The summed E-state index contributed by atoms with van der Waals surface area (Å²) in [7, 11) is 0. The monoisotopic (exact) mass is 270 g/mol. The minimum Gasteiger partial charge on any atom is -0.480 e. The first-order chi connectivity index (χ1) is 8.97. The first-order valence-electron chi connectivity index (χ1n) is 6.77. The second-order valence-corrected chi connectivity index (χ2v) is 4.81. The van der Waals surface area contributed by atoms with Gasteiger partial charge in [0.2, 0.25) is 11.8 Å². The van der Waals surface area contributed by atoms with Crippen molar-refractivity contribution in [2.24, 2.45) is 5.41 Å². The van der Waals surface area contributed by atoms with Crippen molar-refractivity contribution >= 4 is 17.8 Å². The third-order valence-corrected chi connectivity index (χ3v) is 3.56. The molecule has 6 nitrogen and oxygen atoms in total. The van der Waals surface area contributed by atoms with Crippen LogP contribution in [-0.4, -0.2) is 47.4 Å². The van der Waals surface area contributed by atoms with Crippen molar-refractivity contribution in [3.63, 3.8) is 0 Å². The van der Waals surface area contributed by atoms with Crippen LogP contribution in [-0.2, 0) is 14.4 Å². The van der Waals surface area contributed by atoms with Gasteiger partial charge in [-0.25, -0.2) is 0 Å². The highest BCUT2D eigenvalue weighted by molar-refractivity contribution is 6.04. The fourth-order valence-electron chi connectivity index (χ4n) is 2.01. The lowest BCUT2D eigenvalue weighted by atomic mass is 10.1. The lowest BCUT2D eigenvalue weighted by Gasteiger charge is -2.18. The molecule has 1 aliphatic rings. The summed E-state index contributed by atoms with van der Waals surface area (Å²) in [6.07, 6.45) is 1.73. The molecule has 0 bridgehead atoms. The zero-order valence-corrected chi connectivity index (χ0v) is 11.6. The molecule has 1 fully saturated rings. The molecule has 0 aliphatic heterocycles. The summed E-state index contributed by atoms with van der Waals surface area (Å²) in [5.74, 6) is -1.40. The van der Waals surface area contributed by atoms with Gasteiger partial charge in [0.25, 0.3) is 0 Å². The van der Waals surface area contributed by atoms with Crippen LogP contribution >= 0.6 is 0 Å². The fourth-order valence-corrected chi connectivity index (χ4v) is 2.01. The van der Waals surface area contributed by atoms with E-state index in [0.717, 1.165) is 0 Å². The predicted octanol–water partition coefficient (Wildman–Crippen LogP) is 0.616. The summed E-state index contributed by atoms with van der Waals surface area (Å²) < 4.78 is 0. The van der Waals surface area contributed by atoms with Gasteiger partial charge in [-0.15, -0.1) is 0 Å². The molecule has 19 heavy (non-hydrogen) atoms. The molecule has 108 valence electrons. The van der Waals surface area contributed by atoms with Crippen LogP contribution in [0.25, 0.3) is 0 Å². The molecule has 0 aromatic carbocycles. The van der Waals surface area contributed by atoms with Gasteiger partial charge in [-0.2, -0.15) is 0 Å². The molecule has 0 unspecified atom stereocenters. The zero-order valence-electron chi connectivity index (χ0n) is 11.6. The van der Waals surface area contributed by atoms with E-state index in [9.17, 15) is 14.4 Å². The SMILES string of the molecule is CCN(CC)C(=O)CCCNC(=O)C1(C(=O)O)CC1. The molecule has 1 rings (SSSR count). The van der Waals surface area contributed by atoms with E-state index in [2.05, 4.69) is 5.32 Å². The van der Waals surface area contributed by atoms with Crippen molar-refractivity contribution in [1.29, 1.82) is 0 Å². The number of hydrogen-bond donors (Lipinski definition) is 2. The van der Waals surface area contributed by atoms with Crippen LogP contribution < -0.4 is 5.32 Å². The molecule has 0 aromatic rings. The molecule has 1 aliphatic carbocycles. The first kappa shape index (κ1) is 15.5. The van der Waals surface area contributed by atoms with E-state index in [1.165, 1.54) is 0 Å². The Morgan fingerprint density at radius 1 is 1.21 bits per heavy atom. The Labute approximate surface area is 113 Å². The first-order valence-corrected chi connectivity index (χ1v) is 6.77. The number of hydrogen-bond acceptors (Lipinski definition) is 3. The largest absolute Gasteiger partial charge is 0.480 e. The number of carboxylic acids is 1. The number of amides is 2. The topological polar surface area (TPSA) is 86.7 Å². The number of carboxylic acid groups (broad SMARTS) is 1. The molecule has 2 N–H and O–H groups in total. The van der Waals surface area contributed by atoms with Crippen molar-refractivity contribution in [2.45, 2.75) is 39.5 Å². The van der Waals surface area contributed by atoms with Gasteiger partial charge in [0, 0.05) is 26.1 Å². The van der Waals surface area contributed by atoms with Crippen molar-refractivity contribution in [3.8, 4) is 0 Å². The summed E-state index contributed by atoms with van der Waals surface area (Å²) in [6, 6.07) is 0. The van der Waals surface area contributed by atoms with Crippen LogP contribution in [0.15, 0.2) is 0 Å². The molecular formula is C13H22N2O4. The zero-order chi connectivity index (χ0) is 14.5. The molecule has 1 saturated carbocycles.